The van der Waals surface area contributed by atoms with Gasteiger partial charge in [-0.25, -0.2) is 14.4 Å². The standard InChI is InChI=1S/C7H13NO2.2C6H11NO2.2ClH/c1-8(2)6-4-5-7(9)10-3;2*1-7(2)5-3-4-6(8)9;;/h4-5H,6H2,1-3H3;2*3-4H,5H2,1-2H3,(H,8,9);2*1H/b5-4+;2*4-3+;;. The Hall–Kier alpha value is -1.91. The van der Waals surface area contributed by atoms with E-state index in [9.17, 15) is 14.4 Å². The molecule has 0 radical (unpaired) electrons. The van der Waals surface area contributed by atoms with Gasteiger partial charge in [0.25, 0.3) is 0 Å². The molecule has 0 aliphatic heterocycles. The maximum atomic E-state index is 10.5. The normalized spacial score (nSPS) is 10.2. The first kappa shape index (κ1) is 38.7. The van der Waals surface area contributed by atoms with Gasteiger partial charge in [0.05, 0.1) is 7.11 Å². The molecule has 0 rings (SSSR count). The first-order valence-corrected chi connectivity index (χ1v) is 8.39. The van der Waals surface area contributed by atoms with Crippen LogP contribution in [0.15, 0.2) is 36.5 Å². The quantitative estimate of drug-likeness (QED) is 0.379. The topological polar surface area (TPSA) is 111 Å². The molecule has 0 aromatic rings. The SMILES string of the molecule is CN(C)C/C=C/C(=O)O.CN(C)C/C=C/C(=O)O.COC(=O)/C=C/CN(C)C.Cl.Cl. The molecule has 0 aliphatic carbocycles. The molecule has 0 aromatic heterocycles. The van der Waals surface area contributed by atoms with Gasteiger partial charge in [-0.2, -0.15) is 0 Å². The molecule has 0 atom stereocenters. The highest BCUT2D eigenvalue weighted by atomic mass is 35.5. The minimum Gasteiger partial charge on any atom is -0.478 e. The van der Waals surface area contributed by atoms with Crippen LogP contribution in [0.1, 0.15) is 0 Å². The van der Waals surface area contributed by atoms with Crippen molar-refractivity contribution < 1.29 is 29.3 Å². The Labute approximate surface area is 192 Å². The third-order valence-corrected chi connectivity index (χ3v) is 2.39. The van der Waals surface area contributed by atoms with E-state index in [0.717, 1.165) is 18.7 Å². The molecular weight excluding hydrogens is 437 g/mol. The number of rotatable bonds is 9. The van der Waals surface area contributed by atoms with Crippen LogP contribution >= 0.6 is 24.8 Å². The van der Waals surface area contributed by atoms with Gasteiger partial charge in [-0.05, 0) is 42.3 Å². The van der Waals surface area contributed by atoms with Crippen LogP contribution in [0.25, 0.3) is 0 Å². The van der Waals surface area contributed by atoms with Gasteiger partial charge in [-0.1, -0.05) is 18.2 Å². The number of methoxy groups -OCH3 is 1. The van der Waals surface area contributed by atoms with E-state index in [0.29, 0.717) is 13.1 Å². The van der Waals surface area contributed by atoms with Crippen molar-refractivity contribution in [2.45, 2.75) is 0 Å². The van der Waals surface area contributed by atoms with Gasteiger partial charge in [0.1, 0.15) is 0 Å². The second-order valence-corrected chi connectivity index (χ2v) is 6.19. The summed E-state index contributed by atoms with van der Waals surface area (Å²) in [7, 11) is 12.8. The number of hydrogen-bond donors (Lipinski definition) is 2. The number of carboxylic acids is 2. The van der Waals surface area contributed by atoms with E-state index in [-0.39, 0.29) is 30.8 Å². The highest BCUT2D eigenvalue weighted by Crippen LogP contribution is 1.80. The Morgan fingerprint density at radius 2 is 0.933 bits per heavy atom. The maximum Gasteiger partial charge on any atom is 0.330 e. The predicted octanol–water partition coefficient (Wildman–Crippen LogP) is 1.50. The summed E-state index contributed by atoms with van der Waals surface area (Å²) in [6.07, 6.45) is 8.65. The van der Waals surface area contributed by atoms with Crippen LogP contribution in [-0.4, -0.2) is 112 Å². The molecule has 0 fully saturated rings. The molecule has 178 valence electrons. The monoisotopic (exact) mass is 473 g/mol. The summed E-state index contributed by atoms with van der Waals surface area (Å²) in [6.45, 7) is 2.10. The number of carbonyl (C=O) groups is 3. The first-order valence-electron chi connectivity index (χ1n) is 8.39. The molecule has 0 unspecified atom stereocenters. The van der Waals surface area contributed by atoms with E-state index in [1.807, 2.05) is 57.0 Å². The molecule has 2 N–H and O–H groups in total. The highest BCUT2D eigenvalue weighted by Gasteiger charge is 1.89. The lowest BCUT2D eigenvalue weighted by molar-refractivity contribution is -0.135. The van der Waals surface area contributed by atoms with Gasteiger partial charge in [0.2, 0.25) is 0 Å². The molecule has 0 heterocycles. The molecule has 0 saturated carbocycles. The largest absolute Gasteiger partial charge is 0.478 e. The summed E-state index contributed by atoms with van der Waals surface area (Å²) in [5.74, 6) is -2.09. The molecule has 11 heteroatoms. The number of carboxylic acid groups (broad SMARTS) is 2. The number of nitrogens with zero attached hydrogens (tertiary/aromatic N) is 3. The first-order chi connectivity index (χ1) is 12.9. The van der Waals surface area contributed by atoms with Crippen molar-refractivity contribution in [1.29, 1.82) is 0 Å². The van der Waals surface area contributed by atoms with Crippen molar-refractivity contribution in [3.63, 3.8) is 0 Å². The van der Waals surface area contributed by atoms with Gasteiger partial charge in [0.15, 0.2) is 0 Å². The average molecular weight is 474 g/mol. The van der Waals surface area contributed by atoms with E-state index in [2.05, 4.69) is 4.74 Å². The summed E-state index contributed by atoms with van der Waals surface area (Å²) in [5, 5.41) is 16.2. The van der Waals surface area contributed by atoms with Gasteiger partial charge in [0, 0.05) is 37.9 Å². The van der Waals surface area contributed by atoms with Crippen molar-refractivity contribution in [3.8, 4) is 0 Å². The van der Waals surface area contributed by atoms with Crippen molar-refractivity contribution in [3.05, 3.63) is 36.5 Å². The lowest BCUT2D eigenvalue weighted by atomic mass is 10.5. The fourth-order valence-corrected chi connectivity index (χ4v) is 1.16. The molecule has 0 spiro atoms. The molecule has 30 heavy (non-hydrogen) atoms. The Balaban J connectivity index is -0.000000101. The lowest BCUT2D eigenvalue weighted by Crippen LogP contribution is -2.11. The number of carbonyl (C=O) groups excluding carboxylic acids is 1. The third-order valence-electron chi connectivity index (χ3n) is 2.39. The fourth-order valence-electron chi connectivity index (χ4n) is 1.16. The van der Waals surface area contributed by atoms with E-state index >= 15 is 0 Å². The van der Waals surface area contributed by atoms with Crippen LogP contribution < -0.4 is 0 Å². The molecule has 0 bridgehead atoms. The molecule has 0 aliphatic rings. The Kier molecular flexibility index (Phi) is 34.9. The summed E-state index contributed by atoms with van der Waals surface area (Å²) in [4.78, 5) is 36.0. The zero-order chi connectivity index (χ0) is 22.5. The number of aliphatic carboxylic acids is 2. The summed E-state index contributed by atoms with van der Waals surface area (Å²) in [5.41, 5.74) is 0. The third kappa shape index (κ3) is 50.2. The Morgan fingerprint density at radius 1 is 0.667 bits per heavy atom. The molecule has 0 aromatic carbocycles. The second-order valence-electron chi connectivity index (χ2n) is 6.19. The van der Waals surface area contributed by atoms with Gasteiger partial charge >= 0.3 is 17.9 Å². The van der Waals surface area contributed by atoms with Gasteiger partial charge < -0.3 is 29.6 Å². The number of likely N-dealkylation sites (N-methyl/N-ethyl adjacent to an activating group) is 3. The minimum absolute atomic E-state index is 0. The number of esters is 1. The lowest BCUT2D eigenvalue weighted by Gasteiger charge is -2.02. The second kappa shape index (κ2) is 27.1. The van der Waals surface area contributed by atoms with E-state index in [1.54, 1.807) is 18.2 Å². The zero-order valence-electron chi connectivity index (χ0n) is 18.8. The van der Waals surface area contributed by atoms with Gasteiger partial charge in [-0.3, -0.25) is 0 Å². The fraction of sp³-hybridized carbons (Fsp3) is 0.526. The molecule has 0 amide bonds. The average Bonchev–Trinajstić information content (AvgIpc) is 2.54. The summed E-state index contributed by atoms with van der Waals surface area (Å²) in [6, 6.07) is 0. The smallest absolute Gasteiger partial charge is 0.330 e. The van der Waals surface area contributed by atoms with Crippen LogP contribution in [0.3, 0.4) is 0 Å². The van der Waals surface area contributed by atoms with Gasteiger partial charge in [-0.15, -0.1) is 24.8 Å². The predicted molar refractivity (Wildman–Crippen MR) is 125 cm³/mol. The van der Waals surface area contributed by atoms with E-state index in [4.69, 9.17) is 10.2 Å². The van der Waals surface area contributed by atoms with Crippen molar-refractivity contribution in [1.82, 2.24) is 14.7 Å². The van der Waals surface area contributed by atoms with Crippen molar-refractivity contribution in [2.75, 3.05) is 69.0 Å². The van der Waals surface area contributed by atoms with E-state index in [1.165, 1.54) is 13.2 Å². The number of hydrogen-bond acceptors (Lipinski definition) is 7. The van der Waals surface area contributed by atoms with Crippen LogP contribution in [0.4, 0.5) is 0 Å². The highest BCUT2D eigenvalue weighted by molar-refractivity contribution is 5.85. The molecular formula is C19H37Cl2N3O6. The maximum absolute atomic E-state index is 10.5. The molecule has 0 saturated heterocycles. The summed E-state index contributed by atoms with van der Waals surface area (Å²) < 4.78 is 4.39. The number of ether oxygens (including phenoxy) is 1. The van der Waals surface area contributed by atoms with Crippen LogP contribution in [0, 0.1) is 0 Å². The molecule has 9 nitrogen and oxygen atoms in total. The van der Waals surface area contributed by atoms with Crippen molar-refractivity contribution in [2.24, 2.45) is 0 Å². The number of halogens is 2. The Morgan fingerprint density at radius 3 is 1.13 bits per heavy atom. The summed E-state index contributed by atoms with van der Waals surface area (Å²) >= 11 is 0. The minimum atomic E-state index is -0.892. The van der Waals surface area contributed by atoms with E-state index < -0.39 is 11.9 Å². The van der Waals surface area contributed by atoms with Crippen molar-refractivity contribution >= 4 is 42.7 Å². The van der Waals surface area contributed by atoms with Crippen LogP contribution in [0.5, 0.6) is 0 Å². The zero-order valence-corrected chi connectivity index (χ0v) is 20.4. The van der Waals surface area contributed by atoms with Crippen LogP contribution in [-0.2, 0) is 19.1 Å². The Bertz CT molecular complexity index is 492. The van der Waals surface area contributed by atoms with Crippen LogP contribution in [0.2, 0.25) is 0 Å².